The van der Waals surface area contributed by atoms with Crippen molar-refractivity contribution in [2.75, 3.05) is 0 Å². The summed E-state index contributed by atoms with van der Waals surface area (Å²) in [6, 6.07) is 13.1. The fourth-order valence-electron chi connectivity index (χ4n) is 3.03. The monoisotopic (exact) mass is 342 g/mol. The number of Topliss-reactive ketones (excluding diaryl/α,β-unsaturated/α-hetero) is 1. The lowest BCUT2D eigenvalue weighted by atomic mass is 9.95. The summed E-state index contributed by atoms with van der Waals surface area (Å²) in [5.41, 5.74) is 6.06. The summed E-state index contributed by atoms with van der Waals surface area (Å²) in [5.74, 6) is 0.183. The number of hydrogen-bond acceptors (Lipinski definition) is 1. The number of rotatable bonds is 1. The standard InChI is InChI=1S/C19H19BrO/c1-13(21)18-11-14-5-6-15-8-10-17(19(20)12-15)4-2-3-16(18)9-7-14/h7-12H,2-6H2,1H3. The molecule has 0 saturated carbocycles. The minimum atomic E-state index is 0.183. The van der Waals surface area contributed by atoms with Gasteiger partial charge < -0.3 is 0 Å². The summed E-state index contributed by atoms with van der Waals surface area (Å²) in [7, 11) is 0. The third-order valence-electron chi connectivity index (χ3n) is 4.27. The summed E-state index contributed by atoms with van der Waals surface area (Å²) >= 11 is 3.69. The highest BCUT2D eigenvalue weighted by Crippen LogP contribution is 2.24. The number of ketones is 1. The quantitative estimate of drug-likeness (QED) is 0.672. The van der Waals surface area contributed by atoms with Gasteiger partial charge in [0.25, 0.3) is 0 Å². The Hall–Kier alpha value is -1.41. The molecule has 0 spiro atoms. The van der Waals surface area contributed by atoms with E-state index in [1.165, 1.54) is 26.7 Å². The molecular formula is C19H19BrO. The second kappa shape index (κ2) is 6.15. The molecule has 2 aromatic rings. The molecule has 0 heterocycles. The van der Waals surface area contributed by atoms with Gasteiger partial charge in [-0.05, 0) is 73.4 Å². The van der Waals surface area contributed by atoms with Crippen LogP contribution in [0.2, 0.25) is 0 Å². The molecule has 0 N–H and O–H groups in total. The van der Waals surface area contributed by atoms with E-state index < -0.39 is 0 Å². The van der Waals surface area contributed by atoms with Crippen molar-refractivity contribution in [2.45, 2.75) is 39.0 Å². The molecule has 0 aliphatic heterocycles. The largest absolute Gasteiger partial charge is 0.295 e. The summed E-state index contributed by atoms with van der Waals surface area (Å²) in [5, 5.41) is 0. The topological polar surface area (TPSA) is 17.1 Å². The van der Waals surface area contributed by atoms with E-state index in [1.54, 1.807) is 6.92 Å². The highest BCUT2D eigenvalue weighted by molar-refractivity contribution is 9.10. The maximum Gasteiger partial charge on any atom is 0.160 e. The molecule has 108 valence electrons. The predicted octanol–water partition coefficient (Wildman–Crippen LogP) is 4.93. The molecule has 4 bridgehead atoms. The molecule has 6 rings (SSSR count). The van der Waals surface area contributed by atoms with Gasteiger partial charge in [0.15, 0.2) is 5.78 Å². The molecule has 21 heavy (non-hydrogen) atoms. The maximum absolute atomic E-state index is 11.9. The van der Waals surface area contributed by atoms with Crippen LogP contribution < -0.4 is 0 Å². The Balaban J connectivity index is 2.00. The molecule has 2 heteroatoms. The molecule has 4 aliphatic rings. The Kier molecular flexibility index (Phi) is 4.25. The first-order valence-corrected chi connectivity index (χ1v) is 8.33. The molecule has 4 aliphatic carbocycles. The molecule has 0 unspecified atom stereocenters. The van der Waals surface area contributed by atoms with E-state index in [-0.39, 0.29) is 5.78 Å². The third-order valence-corrected chi connectivity index (χ3v) is 5.00. The van der Waals surface area contributed by atoms with Crippen molar-refractivity contribution in [3.63, 3.8) is 0 Å². The minimum absolute atomic E-state index is 0.183. The smallest absolute Gasteiger partial charge is 0.160 e. The Morgan fingerprint density at radius 2 is 1.52 bits per heavy atom. The Labute approximate surface area is 134 Å². The number of aryl methyl sites for hydroxylation is 4. The first-order valence-electron chi connectivity index (χ1n) is 7.53. The SMILES string of the molecule is CC(=O)c1cc2ccc1CCCc1ccc(cc1Br)CC2. The molecular weight excluding hydrogens is 324 g/mol. The van der Waals surface area contributed by atoms with Gasteiger partial charge in [0.05, 0.1) is 0 Å². The highest BCUT2D eigenvalue weighted by atomic mass is 79.9. The first kappa shape index (κ1) is 14.5. The van der Waals surface area contributed by atoms with Crippen LogP contribution >= 0.6 is 15.9 Å². The average molecular weight is 343 g/mol. The van der Waals surface area contributed by atoms with Gasteiger partial charge in [-0.2, -0.15) is 0 Å². The molecule has 0 aromatic heterocycles. The number of hydrogen-bond donors (Lipinski definition) is 0. The zero-order valence-corrected chi connectivity index (χ0v) is 13.9. The fraction of sp³-hybridized carbons (Fsp3) is 0.316. The average Bonchev–Trinajstić information content (AvgIpc) is 2.50. The molecule has 0 atom stereocenters. The summed E-state index contributed by atoms with van der Waals surface area (Å²) in [6.45, 7) is 1.67. The third kappa shape index (κ3) is 3.26. The van der Waals surface area contributed by atoms with Gasteiger partial charge in [-0.15, -0.1) is 0 Å². The highest BCUT2D eigenvalue weighted by Gasteiger charge is 2.11. The van der Waals surface area contributed by atoms with E-state index in [0.29, 0.717) is 0 Å². The normalized spacial score (nSPS) is 14.4. The van der Waals surface area contributed by atoms with Crippen molar-refractivity contribution in [3.8, 4) is 0 Å². The van der Waals surface area contributed by atoms with Gasteiger partial charge >= 0.3 is 0 Å². The lowest BCUT2D eigenvalue weighted by Crippen LogP contribution is -2.02. The van der Waals surface area contributed by atoms with Crippen LogP contribution in [0.1, 0.15) is 46.0 Å². The lowest BCUT2D eigenvalue weighted by Gasteiger charge is -2.09. The van der Waals surface area contributed by atoms with Crippen LogP contribution in [0.25, 0.3) is 0 Å². The first-order chi connectivity index (χ1) is 10.1. The van der Waals surface area contributed by atoms with Gasteiger partial charge in [0.1, 0.15) is 0 Å². The molecule has 0 amide bonds. The van der Waals surface area contributed by atoms with E-state index >= 15 is 0 Å². The Bertz CT molecular complexity index is 688. The van der Waals surface area contributed by atoms with Crippen LogP contribution in [0.15, 0.2) is 40.9 Å². The number of carbonyl (C=O) groups is 1. The second-order valence-corrected chi connectivity index (χ2v) is 6.68. The molecule has 1 nitrogen and oxygen atoms in total. The van der Waals surface area contributed by atoms with E-state index in [9.17, 15) is 4.79 Å². The van der Waals surface area contributed by atoms with E-state index in [0.717, 1.165) is 37.7 Å². The van der Waals surface area contributed by atoms with Gasteiger partial charge in [-0.25, -0.2) is 0 Å². The van der Waals surface area contributed by atoms with Crippen molar-refractivity contribution in [3.05, 3.63) is 68.7 Å². The van der Waals surface area contributed by atoms with E-state index in [1.807, 2.05) is 0 Å². The fourth-order valence-corrected chi connectivity index (χ4v) is 3.66. The summed E-state index contributed by atoms with van der Waals surface area (Å²) < 4.78 is 1.22. The predicted molar refractivity (Wildman–Crippen MR) is 90.0 cm³/mol. The minimum Gasteiger partial charge on any atom is -0.295 e. The van der Waals surface area contributed by atoms with Crippen LogP contribution in [0, 0.1) is 0 Å². The van der Waals surface area contributed by atoms with Crippen molar-refractivity contribution in [2.24, 2.45) is 0 Å². The summed E-state index contributed by atoms with van der Waals surface area (Å²) in [6.07, 6.45) is 5.06. The van der Waals surface area contributed by atoms with Crippen molar-refractivity contribution >= 4 is 21.7 Å². The van der Waals surface area contributed by atoms with Gasteiger partial charge in [0.2, 0.25) is 0 Å². The van der Waals surface area contributed by atoms with Crippen LogP contribution in [-0.4, -0.2) is 5.78 Å². The van der Waals surface area contributed by atoms with Crippen LogP contribution in [0.4, 0.5) is 0 Å². The molecule has 0 radical (unpaired) electrons. The van der Waals surface area contributed by atoms with Crippen LogP contribution in [0.5, 0.6) is 0 Å². The second-order valence-electron chi connectivity index (χ2n) is 5.83. The zero-order valence-electron chi connectivity index (χ0n) is 12.3. The number of benzene rings is 2. The van der Waals surface area contributed by atoms with Crippen LogP contribution in [-0.2, 0) is 25.7 Å². The van der Waals surface area contributed by atoms with Gasteiger partial charge in [-0.3, -0.25) is 4.79 Å². The number of halogens is 1. The maximum atomic E-state index is 11.9. The van der Waals surface area contributed by atoms with Crippen molar-refractivity contribution in [1.82, 2.24) is 0 Å². The van der Waals surface area contributed by atoms with Crippen molar-refractivity contribution < 1.29 is 4.79 Å². The van der Waals surface area contributed by atoms with Crippen molar-refractivity contribution in [1.29, 1.82) is 0 Å². The van der Waals surface area contributed by atoms with Gasteiger partial charge in [0, 0.05) is 10.0 Å². The zero-order chi connectivity index (χ0) is 14.8. The lowest BCUT2D eigenvalue weighted by molar-refractivity contribution is 0.101. The number of carbonyl (C=O) groups excluding carboxylic acids is 1. The van der Waals surface area contributed by atoms with Gasteiger partial charge in [-0.1, -0.05) is 40.2 Å². The Morgan fingerprint density at radius 3 is 2.19 bits per heavy atom. The van der Waals surface area contributed by atoms with E-state index in [4.69, 9.17) is 0 Å². The van der Waals surface area contributed by atoms with E-state index in [2.05, 4.69) is 52.3 Å². The molecule has 2 aromatic carbocycles. The molecule has 0 saturated heterocycles. The van der Waals surface area contributed by atoms with Crippen LogP contribution in [0.3, 0.4) is 0 Å². The summed E-state index contributed by atoms with van der Waals surface area (Å²) in [4.78, 5) is 11.9. The Morgan fingerprint density at radius 1 is 0.905 bits per heavy atom. The molecule has 0 fully saturated rings.